The highest BCUT2D eigenvalue weighted by Crippen LogP contribution is 2.54. The smallest absolute Gasteiger partial charge is 0.0530 e. The van der Waals surface area contributed by atoms with Gasteiger partial charge < -0.3 is 4.90 Å². The Balaban J connectivity index is 1.62. The molecular weight excluding hydrogens is 570 g/mol. The fourth-order valence-electron chi connectivity index (χ4n) is 7.10. The summed E-state index contributed by atoms with van der Waals surface area (Å²) in [6, 6.07) is 20.2. The van der Waals surface area contributed by atoms with Crippen molar-refractivity contribution in [3.8, 4) is 0 Å². The molecule has 182 valence electrons. The van der Waals surface area contributed by atoms with Crippen molar-refractivity contribution in [3.05, 3.63) is 102 Å². The van der Waals surface area contributed by atoms with Crippen molar-refractivity contribution in [2.75, 3.05) is 4.90 Å². The Morgan fingerprint density at radius 1 is 0.861 bits per heavy atom. The molecule has 1 heterocycles. The number of hydrogen-bond acceptors (Lipinski definition) is 1. The first-order chi connectivity index (χ1) is 17.1. The maximum absolute atomic E-state index is 4.08. The lowest BCUT2D eigenvalue weighted by Gasteiger charge is -2.36. The summed E-state index contributed by atoms with van der Waals surface area (Å²) in [7, 11) is 0. The summed E-state index contributed by atoms with van der Waals surface area (Å²) in [4.78, 5) is 2.50. The van der Waals surface area contributed by atoms with Crippen LogP contribution in [0.25, 0.3) is 23.3 Å². The first kappa shape index (κ1) is 24.0. The molecule has 2 aliphatic carbocycles. The lowest BCUT2D eigenvalue weighted by Crippen LogP contribution is -2.30. The van der Waals surface area contributed by atoms with Gasteiger partial charge in [-0.15, -0.1) is 0 Å². The molecule has 0 fully saturated rings. The minimum absolute atomic E-state index is 0.0767. The van der Waals surface area contributed by atoms with Gasteiger partial charge in [-0.1, -0.05) is 71.8 Å². The number of nitrogens with zero attached hydrogens (tertiary/aromatic N) is 1. The van der Waals surface area contributed by atoms with E-state index in [-0.39, 0.29) is 5.41 Å². The third-order valence-electron chi connectivity index (χ3n) is 8.60. The van der Waals surface area contributed by atoms with Gasteiger partial charge in [0.2, 0.25) is 0 Å². The van der Waals surface area contributed by atoms with E-state index in [0.29, 0.717) is 12.0 Å². The first-order valence-electron chi connectivity index (χ1n) is 12.7. The Morgan fingerprint density at radius 2 is 1.58 bits per heavy atom. The summed E-state index contributed by atoms with van der Waals surface area (Å²) in [5.41, 5.74) is 12.2. The monoisotopic (exact) mass is 599 g/mol. The average molecular weight is 601 g/mol. The molecule has 0 saturated carbocycles. The topological polar surface area (TPSA) is 3.24 Å². The van der Waals surface area contributed by atoms with E-state index in [1.165, 1.54) is 69.7 Å². The number of hydrogen-bond donors (Lipinski definition) is 0. The van der Waals surface area contributed by atoms with E-state index in [2.05, 4.69) is 145 Å². The molecule has 0 N–H and O–H groups in total. The van der Waals surface area contributed by atoms with Crippen molar-refractivity contribution in [1.82, 2.24) is 0 Å². The summed E-state index contributed by atoms with van der Waals surface area (Å²) < 4.78 is 2.41. The molecule has 0 aromatic heterocycles. The van der Waals surface area contributed by atoms with Crippen LogP contribution in [0.2, 0.25) is 0 Å². The lowest BCUT2D eigenvalue weighted by atomic mass is 9.67. The number of para-hydroxylation sites is 1. The lowest BCUT2D eigenvalue weighted by molar-refractivity contribution is 0.433. The van der Waals surface area contributed by atoms with E-state index in [4.69, 9.17) is 0 Å². The molecule has 0 amide bonds. The van der Waals surface area contributed by atoms with Crippen molar-refractivity contribution in [1.29, 1.82) is 0 Å². The van der Waals surface area contributed by atoms with E-state index in [1.54, 1.807) is 0 Å². The van der Waals surface area contributed by atoms with Gasteiger partial charge in [0.05, 0.1) is 11.7 Å². The molecule has 0 bridgehead atoms. The number of benzene rings is 3. The van der Waals surface area contributed by atoms with E-state index < -0.39 is 0 Å². The van der Waals surface area contributed by atoms with Gasteiger partial charge in [-0.3, -0.25) is 0 Å². The van der Waals surface area contributed by atoms with Crippen LogP contribution in [0.3, 0.4) is 0 Å². The van der Waals surface area contributed by atoms with Crippen molar-refractivity contribution in [2.24, 2.45) is 5.41 Å². The Kier molecular flexibility index (Phi) is 5.55. The van der Waals surface area contributed by atoms with E-state index >= 15 is 0 Å². The second-order valence-electron chi connectivity index (χ2n) is 11.1. The molecule has 36 heavy (non-hydrogen) atoms. The molecule has 0 radical (unpaired) electrons. The molecule has 3 aromatic carbocycles. The van der Waals surface area contributed by atoms with Crippen LogP contribution in [0, 0.1) is 5.41 Å². The molecule has 3 heteroatoms. The quantitative estimate of drug-likeness (QED) is 0.290. The van der Waals surface area contributed by atoms with Gasteiger partial charge in [-0.2, -0.15) is 0 Å². The van der Waals surface area contributed by atoms with Gasteiger partial charge in [0.1, 0.15) is 0 Å². The number of anilines is 2. The summed E-state index contributed by atoms with van der Waals surface area (Å²) in [6.45, 7) is 14.1. The number of rotatable bonds is 3. The van der Waals surface area contributed by atoms with Gasteiger partial charge in [0, 0.05) is 31.2 Å². The zero-order chi connectivity index (χ0) is 25.5. The molecule has 0 saturated heterocycles. The number of allylic oxidation sites excluding steroid dienone is 2. The summed E-state index contributed by atoms with van der Waals surface area (Å²) >= 11 is 7.88. The molecular formula is C33H31Br2N. The third-order valence-corrected chi connectivity index (χ3v) is 10.1. The second kappa shape index (κ2) is 8.33. The summed E-state index contributed by atoms with van der Waals surface area (Å²) in [6.07, 6.45) is 4.77. The van der Waals surface area contributed by atoms with Gasteiger partial charge in [-0.25, -0.2) is 0 Å². The van der Waals surface area contributed by atoms with Crippen molar-refractivity contribution in [2.45, 2.75) is 53.5 Å². The Hall–Kier alpha value is -2.36. The van der Waals surface area contributed by atoms with Crippen LogP contribution >= 0.6 is 31.9 Å². The zero-order valence-electron chi connectivity index (χ0n) is 21.7. The fraction of sp³-hybridized carbons (Fsp3) is 0.273. The largest absolute Gasteiger partial charge is 0.334 e. The predicted octanol–water partition coefficient (Wildman–Crippen LogP) is 8.72. The van der Waals surface area contributed by atoms with Crippen LogP contribution in [0.4, 0.5) is 11.4 Å². The second-order valence-corrected chi connectivity index (χ2v) is 12.7. The van der Waals surface area contributed by atoms with Crippen LogP contribution < -0.4 is 15.3 Å². The molecule has 2 atom stereocenters. The minimum Gasteiger partial charge on any atom is -0.334 e. The van der Waals surface area contributed by atoms with Crippen LogP contribution in [0.15, 0.2) is 74.7 Å². The highest BCUT2D eigenvalue weighted by Gasteiger charge is 2.42. The van der Waals surface area contributed by atoms with E-state index in [0.717, 1.165) is 0 Å². The Labute approximate surface area is 231 Å². The van der Waals surface area contributed by atoms with E-state index in [9.17, 15) is 0 Å². The normalized spacial score (nSPS) is 20.4. The molecule has 2 unspecified atom stereocenters. The average Bonchev–Trinajstić information content (AvgIpc) is 3.45. The first-order valence-corrected chi connectivity index (χ1v) is 14.3. The Morgan fingerprint density at radius 3 is 2.31 bits per heavy atom. The minimum atomic E-state index is -0.0767. The van der Waals surface area contributed by atoms with Gasteiger partial charge in [0.15, 0.2) is 0 Å². The van der Waals surface area contributed by atoms with E-state index in [1.807, 2.05) is 0 Å². The van der Waals surface area contributed by atoms with Crippen LogP contribution in [-0.4, -0.2) is 6.04 Å². The highest BCUT2D eigenvalue weighted by molar-refractivity contribution is 9.10. The van der Waals surface area contributed by atoms with Gasteiger partial charge in [-0.05, 0) is 113 Å². The standard InChI is InChI=1S/C33H31Br2N/c1-18-15-24-23(13-10-14-27(24)34)30(18)33(5,6)31-19(2)16-26-25(31)17-28-29(32(26)35)20(3)21(4)36(28)22-11-8-7-9-12-22/h7-17,21,30H,1-6H3. The highest BCUT2D eigenvalue weighted by atomic mass is 79.9. The maximum Gasteiger partial charge on any atom is 0.0530 e. The number of fused-ring (bicyclic) bond motifs is 3. The maximum atomic E-state index is 4.08. The molecule has 1 nitrogen and oxygen atoms in total. The molecule has 0 spiro atoms. The van der Waals surface area contributed by atoms with Gasteiger partial charge >= 0.3 is 0 Å². The van der Waals surface area contributed by atoms with Crippen LogP contribution in [0.1, 0.15) is 64.2 Å². The van der Waals surface area contributed by atoms with Gasteiger partial charge in [0.25, 0.3) is 0 Å². The zero-order valence-corrected chi connectivity index (χ0v) is 24.9. The third kappa shape index (κ3) is 3.25. The van der Waals surface area contributed by atoms with Crippen molar-refractivity contribution >= 4 is 66.5 Å². The fourth-order valence-corrected chi connectivity index (χ4v) is 8.44. The predicted molar refractivity (Wildman–Crippen MR) is 162 cm³/mol. The molecule has 1 aliphatic heterocycles. The SMILES string of the molecule is CC1=Cc2c(Br)c3c(cc2=C1C(C)(C)C1C(C)=Cc2c(Br)cccc21)N(c1ccccc1)C(C)C=3C. The van der Waals surface area contributed by atoms with Crippen LogP contribution in [0.5, 0.6) is 0 Å². The van der Waals surface area contributed by atoms with Crippen LogP contribution in [-0.2, 0) is 0 Å². The summed E-state index contributed by atoms with van der Waals surface area (Å²) in [5, 5.41) is 2.71. The molecule has 3 aliphatic rings. The molecule has 6 rings (SSSR count). The summed E-state index contributed by atoms with van der Waals surface area (Å²) in [5.74, 6) is 0.332. The number of halogens is 2. The van der Waals surface area contributed by atoms with Crippen molar-refractivity contribution in [3.63, 3.8) is 0 Å². The Bertz CT molecular complexity index is 1620. The van der Waals surface area contributed by atoms with Crippen molar-refractivity contribution < 1.29 is 0 Å². The molecule has 3 aromatic rings.